The monoisotopic (exact) mass is 507 g/mol. The van der Waals surface area contributed by atoms with Gasteiger partial charge in [0.05, 0.1) is 17.9 Å². The third-order valence-corrected chi connectivity index (χ3v) is 7.20. The van der Waals surface area contributed by atoms with E-state index in [9.17, 15) is 8.78 Å². The lowest BCUT2D eigenvalue weighted by atomic mass is 9.86. The Morgan fingerprint density at radius 2 is 1.75 bits per heavy atom. The Morgan fingerprint density at radius 1 is 1.03 bits per heavy atom. The number of halogens is 4. The topological polar surface area (TPSA) is 22.1 Å². The summed E-state index contributed by atoms with van der Waals surface area (Å²) in [5.74, 6) is -4.14. The first-order valence-electron chi connectivity index (χ1n) is 13.7. The summed E-state index contributed by atoms with van der Waals surface area (Å²) < 4.78 is 64.8. The van der Waals surface area contributed by atoms with Crippen molar-refractivity contribution in [3.63, 3.8) is 0 Å². The fourth-order valence-electron chi connectivity index (χ4n) is 5.04. The van der Waals surface area contributed by atoms with E-state index in [-0.39, 0.29) is 18.4 Å². The highest BCUT2D eigenvalue weighted by Crippen LogP contribution is 2.44. The van der Waals surface area contributed by atoms with Crippen molar-refractivity contribution in [3.05, 3.63) is 53.0 Å². The summed E-state index contributed by atoms with van der Waals surface area (Å²) in [4.78, 5) is 3.89. The second-order valence-electron chi connectivity index (χ2n) is 10.4. The SMILES string of the molecule is CCCCCCC(F)COC1CCc2cc(-c3ccc(CC(C)CCCC)cc3)nc(F)c2C1(F)F. The summed E-state index contributed by atoms with van der Waals surface area (Å²) in [7, 11) is 0. The number of pyridine rings is 1. The summed E-state index contributed by atoms with van der Waals surface area (Å²) in [5, 5.41) is 0. The fourth-order valence-corrected chi connectivity index (χ4v) is 5.04. The number of hydrogen-bond acceptors (Lipinski definition) is 2. The summed E-state index contributed by atoms with van der Waals surface area (Å²) in [6, 6.07) is 9.33. The molecular formula is C30H41F4NO. The van der Waals surface area contributed by atoms with Crippen molar-refractivity contribution in [2.75, 3.05) is 6.61 Å². The lowest BCUT2D eigenvalue weighted by Crippen LogP contribution is -2.40. The number of alkyl halides is 3. The molecule has 3 rings (SSSR count). The Hall–Kier alpha value is -1.95. The highest BCUT2D eigenvalue weighted by molar-refractivity contribution is 5.61. The van der Waals surface area contributed by atoms with Crippen molar-refractivity contribution in [2.45, 2.75) is 110 Å². The number of aromatic nitrogens is 1. The van der Waals surface area contributed by atoms with Gasteiger partial charge in [0.25, 0.3) is 0 Å². The third-order valence-electron chi connectivity index (χ3n) is 7.20. The molecule has 36 heavy (non-hydrogen) atoms. The van der Waals surface area contributed by atoms with Gasteiger partial charge >= 0.3 is 5.92 Å². The number of rotatable bonds is 14. The minimum Gasteiger partial charge on any atom is -0.369 e. The highest BCUT2D eigenvalue weighted by atomic mass is 19.3. The molecule has 2 aromatic rings. The number of nitrogens with zero attached hydrogens (tertiary/aromatic N) is 1. The van der Waals surface area contributed by atoms with Crippen LogP contribution in [0.5, 0.6) is 0 Å². The van der Waals surface area contributed by atoms with Gasteiger partial charge < -0.3 is 4.74 Å². The van der Waals surface area contributed by atoms with Crippen LogP contribution in [0.2, 0.25) is 0 Å². The van der Waals surface area contributed by atoms with E-state index in [1.165, 1.54) is 24.8 Å². The molecule has 0 radical (unpaired) electrons. The fraction of sp³-hybridized carbons (Fsp3) is 0.633. The summed E-state index contributed by atoms with van der Waals surface area (Å²) in [5.41, 5.74) is 1.79. The van der Waals surface area contributed by atoms with E-state index in [1.807, 2.05) is 24.3 Å². The number of hydrogen-bond donors (Lipinski definition) is 0. The molecule has 0 fully saturated rings. The minimum atomic E-state index is -3.55. The van der Waals surface area contributed by atoms with Crippen molar-refractivity contribution < 1.29 is 22.3 Å². The minimum absolute atomic E-state index is 0.0139. The molecule has 0 saturated carbocycles. The summed E-state index contributed by atoms with van der Waals surface area (Å²) in [6.07, 6.45) is 5.96. The molecule has 6 heteroatoms. The first-order chi connectivity index (χ1) is 17.3. The zero-order chi connectivity index (χ0) is 26.1. The van der Waals surface area contributed by atoms with Crippen LogP contribution in [0.4, 0.5) is 17.6 Å². The molecule has 0 spiro atoms. The quantitative estimate of drug-likeness (QED) is 0.145. The summed E-state index contributed by atoms with van der Waals surface area (Å²) in [6.45, 7) is 6.11. The van der Waals surface area contributed by atoms with Crippen LogP contribution in [0.15, 0.2) is 30.3 Å². The van der Waals surface area contributed by atoms with E-state index in [1.54, 1.807) is 6.07 Å². The van der Waals surface area contributed by atoms with E-state index >= 15 is 8.78 Å². The van der Waals surface area contributed by atoms with Gasteiger partial charge in [0.2, 0.25) is 5.95 Å². The van der Waals surface area contributed by atoms with E-state index in [4.69, 9.17) is 4.74 Å². The van der Waals surface area contributed by atoms with Gasteiger partial charge in [0, 0.05) is 5.56 Å². The maximum absolute atomic E-state index is 15.2. The Balaban J connectivity index is 1.66. The van der Waals surface area contributed by atoms with Gasteiger partial charge in [0.1, 0.15) is 12.3 Å². The van der Waals surface area contributed by atoms with Crippen LogP contribution in [-0.2, 0) is 23.5 Å². The Morgan fingerprint density at radius 3 is 2.44 bits per heavy atom. The van der Waals surface area contributed by atoms with Gasteiger partial charge in [-0.1, -0.05) is 90.0 Å². The third kappa shape index (κ3) is 7.53. The second-order valence-corrected chi connectivity index (χ2v) is 10.4. The standard InChI is InChI=1S/C30H41F4NO/c1-4-6-8-9-11-25(31)20-36-27-17-16-24-19-26(35-29(32)28(24)30(27,33)34)23-14-12-22(13-15-23)18-21(3)10-7-5-2/h12-15,19,21,25,27H,4-11,16-18,20H2,1-3H3. The van der Waals surface area contributed by atoms with E-state index in [0.29, 0.717) is 30.0 Å². The molecule has 0 aliphatic heterocycles. The van der Waals surface area contributed by atoms with Crippen molar-refractivity contribution in [3.8, 4) is 11.3 Å². The molecule has 1 aromatic carbocycles. The van der Waals surface area contributed by atoms with Gasteiger partial charge in [-0.25, -0.2) is 9.37 Å². The smallest absolute Gasteiger partial charge is 0.303 e. The van der Waals surface area contributed by atoms with E-state index in [2.05, 4.69) is 25.8 Å². The van der Waals surface area contributed by atoms with Crippen molar-refractivity contribution in [1.82, 2.24) is 4.98 Å². The molecule has 0 amide bonds. The molecule has 3 atom stereocenters. The number of fused-ring (bicyclic) bond motifs is 1. The average Bonchev–Trinajstić information content (AvgIpc) is 2.84. The van der Waals surface area contributed by atoms with Crippen LogP contribution < -0.4 is 0 Å². The van der Waals surface area contributed by atoms with Gasteiger partial charge in [0.15, 0.2) is 0 Å². The first-order valence-corrected chi connectivity index (χ1v) is 13.7. The van der Waals surface area contributed by atoms with Gasteiger partial charge in [-0.2, -0.15) is 13.2 Å². The molecule has 0 saturated heterocycles. The Labute approximate surface area is 213 Å². The average molecular weight is 508 g/mol. The summed E-state index contributed by atoms with van der Waals surface area (Å²) >= 11 is 0. The Bertz CT molecular complexity index is 947. The molecule has 2 nitrogen and oxygen atoms in total. The van der Waals surface area contributed by atoms with Crippen LogP contribution in [0.1, 0.15) is 95.2 Å². The van der Waals surface area contributed by atoms with E-state index < -0.39 is 36.3 Å². The normalized spacial score (nSPS) is 18.6. The number of unbranched alkanes of at least 4 members (excludes halogenated alkanes) is 4. The Kier molecular flexibility index (Phi) is 10.8. The molecule has 3 unspecified atom stereocenters. The molecule has 1 aliphatic rings. The van der Waals surface area contributed by atoms with Crippen LogP contribution in [-0.4, -0.2) is 23.9 Å². The molecule has 1 aliphatic carbocycles. The van der Waals surface area contributed by atoms with Crippen molar-refractivity contribution >= 4 is 0 Å². The maximum atomic E-state index is 15.2. The first kappa shape index (κ1) is 28.6. The molecule has 200 valence electrons. The lowest BCUT2D eigenvalue weighted by Gasteiger charge is -2.33. The van der Waals surface area contributed by atoms with Crippen LogP contribution in [0, 0.1) is 11.9 Å². The van der Waals surface area contributed by atoms with Crippen LogP contribution in [0.3, 0.4) is 0 Å². The number of ether oxygens (including phenoxy) is 1. The maximum Gasteiger partial charge on any atom is 0.303 e. The predicted molar refractivity (Wildman–Crippen MR) is 138 cm³/mol. The van der Waals surface area contributed by atoms with Crippen LogP contribution >= 0.6 is 0 Å². The number of aryl methyl sites for hydroxylation is 1. The molecule has 0 N–H and O–H groups in total. The van der Waals surface area contributed by atoms with Gasteiger partial charge in [-0.15, -0.1) is 0 Å². The lowest BCUT2D eigenvalue weighted by molar-refractivity contribution is -0.160. The van der Waals surface area contributed by atoms with Gasteiger partial charge in [-0.05, 0) is 48.8 Å². The number of benzene rings is 1. The molecule has 0 bridgehead atoms. The van der Waals surface area contributed by atoms with E-state index in [0.717, 1.165) is 25.7 Å². The van der Waals surface area contributed by atoms with Crippen molar-refractivity contribution in [2.24, 2.45) is 5.92 Å². The van der Waals surface area contributed by atoms with Crippen LogP contribution in [0.25, 0.3) is 11.3 Å². The molecule has 1 heterocycles. The van der Waals surface area contributed by atoms with Gasteiger partial charge in [-0.3, -0.25) is 0 Å². The zero-order valence-corrected chi connectivity index (χ0v) is 22.0. The zero-order valence-electron chi connectivity index (χ0n) is 22.0. The largest absolute Gasteiger partial charge is 0.369 e. The van der Waals surface area contributed by atoms with Crippen molar-refractivity contribution in [1.29, 1.82) is 0 Å². The highest BCUT2D eigenvalue weighted by Gasteiger charge is 2.49. The predicted octanol–water partition coefficient (Wildman–Crippen LogP) is 8.99. The second kappa shape index (κ2) is 13.6. The molecule has 1 aromatic heterocycles. The molecular weight excluding hydrogens is 466 g/mol.